The summed E-state index contributed by atoms with van der Waals surface area (Å²) < 4.78 is 0. The van der Waals surface area contributed by atoms with Gasteiger partial charge in [0.1, 0.15) is 12.1 Å². The molecule has 1 aromatic rings. The van der Waals surface area contributed by atoms with Crippen LogP contribution in [0.1, 0.15) is 25.6 Å². The van der Waals surface area contributed by atoms with Crippen molar-refractivity contribution in [1.29, 1.82) is 0 Å². The van der Waals surface area contributed by atoms with E-state index in [4.69, 9.17) is 0 Å². The monoisotopic (exact) mass is 264 g/mol. The lowest BCUT2D eigenvalue weighted by molar-refractivity contribution is -0.150. The predicted molar refractivity (Wildman–Crippen MR) is 63.5 cm³/mol. The molecule has 1 aromatic heterocycles. The number of nitrogens with zero attached hydrogens (tertiary/aromatic N) is 5. The Hall–Kier alpha value is -1.99. The molecule has 0 spiro atoms. The van der Waals surface area contributed by atoms with Crippen LogP contribution >= 0.6 is 0 Å². The first-order valence-corrected chi connectivity index (χ1v) is 6.40. The molecule has 2 unspecified atom stereocenters. The van der Waals surface area contributed by atoms with Crippen molar-refractivity contribution in [2.24, 2.45) is 13.0 Å². The van der Waals surface area contributed by atoms with Crippen molar-refractivity contribution in [2.75, 3.05) is 0 Å². The number of carbonyl (C=O) groups is 2. The lowest BCUT2D eigenvalue weighted by Crippen LogP contribution is -2.62. The van der Waals surface area contributed by atoms with Gasteiger partial charge in [0, 0.05) is 0 Å². The molecule has 2 aliphatic rings. The zero-order valence-electron chi connectivity index (χ0n) is 10.9. The number of amides is 2. The van der Waals surface area contributed by atoms with E-state index in [9.17, 15) is 9.59 Å². The van der Waals surface area contributed by atoms with Gasteiger partial charge in [-0.05, 0) is 30.9 Å². The van der Waals surface area contributed by atoms with Crippen molar-refractivity contribution in [2.45, 2.75) is 38.4 Å². The predicted octanol–water partition coefficient (Wildman–Crippen LogP) is -1.16. The van der Waals surface area contributed by atoms with Crippen molar-refractivity contribution in [3.05, 3.63) is 5.82 Å². The Balaban J connectivity index is 1.84. The summed E-state index contributed by atoms with van der Waals surface area (Å²) in [4.78, 5) is 27.3. The van der Waals surface area contributed by atoms with Gasteiger partial charge in [-0.15, -0.1) is 10.2 Å². The van der Waals surface area contributed by atoms with Crippen molar-refractivity contribution < 1.29 is 9.59 Å². The highest BCUT2D eigenvalue weighted by molar-refractivity contribution is 5.97. The largest absolute Gasteiger partial charge is 0.343 e. The minimum Gasteiger partial charge on any atom is -0.343 e. The summed E-state index contributed by atoms with van der Waals surface area (Å²) >= 11 is 0. The Morgan fingerprint density at radius 2 is 2.11 bits per heavy atom. The van der Waals surface area contributed by atoms with Crippen LogP contribution in [0.4, 0.5) is 0 Å². The van der Waals surface area contributed by atoms with Crippen LogP contribution in [0.5, 0.6) is 0 Å². The molecule has 2 atom stereocenters. The minimum absolute atomic E-state index is 0.0708. The Morgan fingerprint density at radius 1 is 1.37 bits per heavy atom. The topological polar surface area (TPSA) is 93.0 Å². The fourth-order valence-electron chi connectivity index (χ4n) is 2.48. The number of aromatic nitrogens is 4. The van der Waals surface area contributed by atoms with E-state index in [-0.39, 0.29) is 30.3 Å². The van der Waals surface area contributed by atoms with Crippen molar-refractivity contribution in [3.63, 3.8) is 0 Å². The highest BCUT2D eigenvalue weighted by atomic mass is 16.2. The number of tetrazole rings is 1. The fourth-order valence-corrected chi connectivity index (χ4v) is 2.48. The number of hydrogen-bond donors (Lipinski definition) is 1. The summed E-state index contributed by atoms with van der Waals surface area (Å²) in [7, 11) is 1.67. The molecule has 2 heterocycles. The van der Waals surface area contributed by atoms with Crippen molar-refractivity contribution >= 4 is 11.8 Å². The van der Waals surface area contributed by atoms with Crippen LogP contribution in [0.2, 0.25) is 0 Å². The van der Waals surface area contributed by atoms with Crippen LogP contribution in [0.15, 0.2) is 0 Å². The molecule has 3 rings (SSSR count). The molecule has 2 amide bonds. The second-order valence-corrected chi connectivity index (χ2v) is 5.17. The lowest BCUT2D eigenvalue weighted by Gasteiger charge is -2.37. The molecular weight excluding hydrogens is 248 g/mol. The molecule has 8 nitrogen and oxygen atoms in total. The Labute approximate surface area is 110 Å². The average Bonchev–Trinajstić information content (AvgIpc) is 3.09. The maximum absolute atomic E-state index is 12.3. The van der Waals surface area contributed by atoms with Crippen LogP contribution in [0, 0.1) is 5.92 Å². The quantitative estimate of drug-likeness (QED) is 0.743. The van der Waals surface area contributed by atoms with Crippen LogP contribution in [0.25, 0.3) is 0 Å². The van der Waals surface area contributed by atoms with Gasteiger partial charge >= 0.3 is 0 Å². The van der Waals surface area contributed by atoms with Gasteiger partial charge in [0.2, 0.25) is 11.8 Å². The molecule has 102 valence electrons. The van der Waals surface area contributed by atoms with Crippen LogP contribution in [-0.2, 0) is 23.2 Å². The third kappa shape index (κ3) is 2.18. The van der Waals surface area contributed by atoms with Gasteiger partial charge in [-0.1, -0.05) is 0 Å². The summed E-state index contributed by atoms with van der Waals surface area (Å²) in [5.74, 6) is 0.582. The normalized spacial score (nSPS) is 27.6. The summed E-state index contributed by atoms with van der Waals surface area (Å²) in [6, 6.07) is -0.869. The molecule has 1 saturated carbocycles. The zero-order valence-corrected chi connectivity index (χ0v) is 10.9. The first kappa shape index (κ1) is 12.1. The number of nitrogens with one attached hydrogen (secondary N) is 1. The molecule has 2 fully saturated rings. The molecule has 0 bridgehead atoms. The minimum atomic E-state index is -0.487. The average molecular weight is 264 g/mol. The SMILES string of the molecule is CC1NC(=O)C(C2CC2)N(Cc2nnn(C)n2)C1=O. The molecule has 1 saturated heterocycles. The van der Waals surface area contributed by atoms with Gasteiger partial charge in [0.05, 0.1) is 13.6 Å². The van der Waals surface area contributed by atoms with E-state index in [1.165, 1.54) is 4.80 Å². The first-order valence-electron chi connectivity index (χ1n) is 6.40. The molecular formula is C11H16N6O2. The summed E-state index contributed by atoms with van der Waals surface area (Å²) in [5, 5.41) is 14.4. The molecule has 1 aliphatic heterocycles. The van der Waals surface area contributed by atoms with Crippen LogP contribution < -0.4 is 5.32 Å². The summed E-state index contributed by atoms with van der Waals surface area (Å²) in [5.41, 5.74) is 0. The Bertz CT molecular complexity index is 523. The third-order valence-electron chi connectivity index (χ3n) is 3.55. The number of piperazine rings is 1. The van der Waals surface area contributed by atoms with Gasteiger partial charge in [0.25, 0.3) is 0 Å². The van der Waals surface area contributed by atoms with E-state index in [1.807, 2.05) is 0 Å². The Morgan fingerprint density at radius 3 is 2.68 bits per heavy atom. The number of carbonyl (C=O) groups excluding carboxylic acids is 2. The smallest absolute Gasteiger partial charge is 0.245 e. The van der Waals surface area contributed by atoms with E-state index in [2.05, 4.69) is 20.7 Å². The van der Waals surface area contributed by atoms with E-state index in [1.54, 1.807) is 18.9 Å². The molecule has 0 radical (unpaired) electrons. The van der Waals surface area contributed by atoms with E-state index in [0.717, 1.165) is 12.8 Å². The highest BCUT2D eigenvalue weighted by Gasteiger charge is 2.47. The highest BCUT2D eigenvalue weighted by Crippen LogP contribution is 2.37. The maximum Gasteiger partial charge on any atom is 0.245 e. The van der Waals surface area contributed by atoms with Gasteiger partial charge in [0.15, 0.2) is 5.82 Å². The van der Waals surface area contributed by atoms with E-state index >= 15 is 0 Å². The van der Waals surface area contributed by atoms with Crippen molar-refractivity contribution in [1.82, 2.24) is 30.4 Å². The second-order valence-electron chi connectivity index (χ2n) is 5.17. The third-order valence-corrected chi connectivity index (χ3v) is 3.55. The van der Waals surface area contributed by atoms with E-state index < -0.39 is 6.04 Å². The van der Waals surface area contributed by atoms with Gasteiger partial charge in [-0.3, -0.25) is 9.59 Å². The number of rotatable bonds is 3. The van der Waals surface area contributed by atoms with Gasteiger partial charge < -0.3 is 10.2 Å². The summed E-state index contributed by atoms with van der Waals surface area (Å²) in [6.07, 6.45) is 1.98. The molecule has 19 heavy (non-hydrogen) atoms. The van der Waals surface area contributed by atoms with Gasteiger partial charge in [-0.25, -0.2) is 0 Å². The fraction of sp³-hybridized carbons (Fsp3) is 0.727. The van der Waals surface area contributed by atoms with Crippen molar-refractivity contribution in [3.8, 4) is 0 Å². The molecule has 0 aromatic carbocycles. The summed E-state index contributed by atoms with van der Waals surface area (Å²) in [6.45, 7) is 1.94. The zero-order chi connectivity index (χ0) is 13.6. The van der Waals surface area contributed by atoms with Crippen LogP contribution in [0.3, 0.4) is 0 Å². The molecule has 1 N–H and O–H groups in total. The Kier molecular flexibility index (Phi) is 2.72. The maximum atomic E-state index is 12.3. The number of hydrogen-bond acceptors (Lipinski definition) is 5. The van der Waals surface area contributed by atoms with Crippen LogP contribution in [-0.4, -0.2) is 49.0 Å². The second kappa shape index (κ2) is 4.29. The molecule has 8 heteroatoms. The molecule has 1 aliphatic carbocycles. The lowest BCUT2D eigenvalue weighted by atomic mass is 10.0. The first-order chi connectivity index (χ1) is 9.06. The van der Waals surface area contributed by atoms with Gasteiger partial charge in [-0.2, -0.15) is 4.80 Å². The standard InChI is InChI=1S/C11H16N6O2/c1-6-11(19)17(5-8-13-15-16(2)14-8)9(7-3-4-7)10(18)12-6/h6-7,9H,3-5H2,1-2H3,(H,12,18). The number of aryl methyl sites for hydroxylation is 1. The van der Waals surface area contributed by atoms with E-state index in [0.29, 0.717) is 5.82 Å².